The average molecular weight is 598 g/mol. The van der Waals surface area contributed by atoms with Gasteiger partial charge in [-0.2, -0.15) is 0 Å². The zero-order valence-corrected chi connectivity index (χ0v) is 30.0. The topological polar surface area (TPSA) is 0 Å². The molecule has 0 saturated heterocycles. The summed E-state index contributed by atoms with van der Waals surface area (Å²) in [5.74, 6) is 0. The molecular weight excluding hydrogens is 540 g/mol. The fourth-order valence-corrected chi connectivity index (χ4v) is 4.18. The van der Waals surface area contributed by atoms with E-state index in [1.54, 1.807) is 0 Å². The summed E-state index contributed by atoms with van der Waals surface area (Å²) in [6.07, 6.45) is 0. The average Bonchev–Trinajstić information content (AvgIpc) is 3.09. The van der Waals surface area contributed by atoms with E-state index >= 15 is 0 Å². The van der Waals surface area contributed by atoms with Crippen molar-refractivity contribution < 1.29 is 0 Å². The standard InChI is InChI=1S/C15H13.C14H14.C10H12.3C2H6/c1-12-8-10-15(11-9-12)13(2)14-6-4-3-5-7-14;1-10(2)12-9-8-11(3)13-6-4-5-7-14(12)13;1-8(2)10-6-4-9(3)5-7-10;3*1-2/h2-11H,1H3;4-9H,1H2,2-3H3;4-7H,1H2,2-3H3;3*1-2H3. The molecule has 0 bridgehead atoms. The minimum atomic E-state index is 0.829. The van der Waals surface area contributed by atoms with Gasteiger partial charge in [0.15, 0.2) is 0 Å². The first-order valence-electron chi connectivity index (χ1n) is 16.3. The molecule has 0 saturated carbocycles. The summed E-state index contributed by atoms with van der Waals surface area (Å²) in [5.41, 5.74) is 11.6. The fourth-order valence-electron chi connectivity index (χ4n) is 4.18. The molecule has 0 N–H and O–H groups in total. The maximum absolute atomic E-state index is 6.08. The molecule has 5 aromatic rings. The summed E-state index contributed by atoms with van der Waals surface area (Å²) in [6.45, 7) is 36.3. The highest BCUT2D eigenvalue weighted by Crippen LogP contribution is 2.26. The van der Waals surface area contributed by atoms with Gasteiger partial charge in [0.25, 0.3) is 0 Å². The van der Waals surface area contributed by atoms with E-state index in [2.05, 4.69) is 126 Å². The third kappa shape index (κ3) is 13.8. The van der Waals surface area contributed by atoms with Crippen LogP contribution in [0.1, 0.15) is 94.3 Å². The summed E-state index contributed by atoms with van der Waals surface area (Å²) in [7, 11) is 0. The first-order chi connectivity index (χ1) is 21.7. The lowest BCUT2D eigenvalue weighted by atomic mass is 9.97. The van der Waals surface area contributed by atoms with Gasteiger partial charge in [-0.3, -0.25) is 0 Å². The molecule has 0 unspecified atom stereocenters. The molecule has 0 heterocycles. The van der Waals surface area contributed by atoms with Crippen molar-refractivity contribution in [1.29, 1.82) is 0 Å². The van der Waals surface area contributed by atoms with Crippen LogP contribution >= 0.6 is 0 Å². The molecule has 0 aliphatic rings. The van der Waals surface area contributed by atoms with Gasteiger partial charge >= 0.3 is 0 Å². The molecule has 0 aliphatic heterocycles. The van der Waals surface area contributed by atoms with Gasteiger partial charge in [0, 0.05) is 0 Å². The Morgan fingerprint density at radius 1 is 0.444 bits per heavy atom. The molecular formula is C45H57. The summed E-state index contributed by atoms with van der Waals surface area (Å²) in [4.78, 5) is 0. The van der Waals surface area contributed by atoms with Crippen LogP contribution in [0.3, 0.4) is 0 Å². The Bertz CT molecular complexity index is 1550. The van der Waals surface area contributed by atoms with E-state index in [4.69, 9.17) is 6.58 Å². The third-order valence-corrected chi connectivity index (χ3v) is 6.59. The van der Waals surface area contributed by atoms with Gasteiger partial charge in [-0.15, -0.1) is 0 Å². The Balaban J connectivity index is 0.000000604. The second-order valence-corrected chi connectivity index (χ2v) is 10.0. The normalized spacial score (nSPS) is 9.04. The van der Waals surface area contributed by atoms with Crippen molar-refractivity contribution in [2.45, 2.75) is 76.2 Å². The first-order valence-corrected chi connectivity index (χ1v) is 16.3. The molecule has 5 aromatic carbocycles. The van der Waals surface area contributed by atoms with E-state index in [1.807, 2.05) is 78.8 Å². The molecule has 0 nitrogen and oxygen atoms in total. The highest BCUT2D eigenvalue weighted by Gasteiger charge is 2.03. The maximum Gasteiger partial charge on any atom is -0.0106 e. The van der Waals surface area contributed by atoms with Gasteiger partial charge in [-0.1, -0.05) is 199 Å². The van der Waals surface area contributed by atoms with E-state index in [9.17, 15) is 0 Å². The van der Waals surface area contributed by atoms with Crippen molar-refractivity contribution in [3.05, 3.63) is 174 Å². The molecule has 0 fully saturated rings. The molecule has 0 aliphatic carbocycles. The van der Waals surface area contributed by atoms with E-state index in [1.165, 1.54) is 38.6 Å². The lowest BCUT2D eigenvalue weighted by Gasteiger charge is -2.08. The SMILES string of the molecule is C=C(C)c1ccc(C)c2ccccc12.C=C(C)c1ccc(C)cc1.CC.CC.CC.[CH]=C(c1ccccc1)c1ccc(C)cc1. The van der Waals surface area contributed by atoms with Crippen molar-refractivity contribution in [2.24, 2.45) is 0 Å². The number of hydrogen-bond donors (Lipinski definition) is 0. The Labute approximate surface area is 276 Å². The van der Waals surface area contributed by atoms with Crippen LogP contribution in [0.2, 0.25) is 0 Å². The second kappa shape index (κ2) is 23.0. The van der Waals surface area contributed by atoms with Crippen LogP contribution in [-0.4, -0.2) is 0 Å². The Morgan fingerprint density at radius 3 is 1.29 bits per heavy atom. The first kappa shape index (κ1) is 40.6. The highest BCUT2D eigenvalue weighted by atomic mass is 14.1. The molecule has 0 aromatic heterocycles. The highest BCUT2D eigenvalue weighted by molar-refractivity contribution is 5.95. The lowest BCUT2D eigenvalue weighted by molar-refractivity contribution is 1.45. The number of fused-ring (bicyclic) bond motifs is 1. The van der Waals surface area contributed by atoms with Crippen molar-refractivity contribution >= 4 is 27.5 Å². The van der Waals surface area contributed by atoms with Crippen molar-refractivity contribution in [1.82, 2.24) is 0 Å². The van der Waals surface area contributed by atoms with E-state index in [0.29, 0.717) is 0 Å². The van der Waals surface area contributed by atoms with Gasteiger partial charge in [-0.25, -0.2) is 0 Å². The number of allylic oxidation sites excluding steroid dienone is 2. The summed E-state index contributed by atoms with van der Waals surface area (Å²) < 4.78 is 0. The maximum atomic E-state index is 6.08. The van der Waals surface area contributed by atoms with Gasteiger partial charge in [0.1, 0.15) is 0 Å². The van der Waals surface area contributed by atoms with E-state index < -0.39 is 0 Å². The number of rotatable bonds is 4. The number of hydrogen-bond acceptors (Lipinski definition) is 0. The van der Waals surface area contributed by atoms with Crippen LogP contribution in [-0.2, 0) is 0 Å². The van der Waals surface area contributed by atoms with Crippen LogP contribution in [0.15, 0.2) is 128 Å². The van der Waals surface area contributed by atoms with Crippen molar-refractivity contribution in [3.63, 3.8) is 0 Å². The summed E-state index contributed by atoms with van der Waals surface area (Å²) in [5, 5.41) is 2.63. The molecule has 45 heavy (non-hydrogen) atoms. The molecule has 0 atom stereocenters. The fraction of sp³-hybridized carbons (Fsp3) is 0.244. The Morgan fingerprint density at radius 2 is 0.844 bits per heavy atom. The monoisotopic (exact) mass is 597 g/mol. The zero-order chi connectivity index (χ0) is 34.4. The number of aryl methyl sites for hydroxylation is 3. The van der Waals surface area contributed by atoms with Crippen LogP contribution in [0.5, 0.6) is 0 Å². The van der Waals surface area contributed by atoms with Crippen molar-refractivity contribution in [2.75, 3.05) is 0 Å². The van der Waals surface area contributed by atoms with Gasteiger partial charge in [-0.05, 0) is 78.8 Å². The molecule has 0 amide bonds. The third-order valence-electron chi connectivity index (χ3n) is 6.59. The van der Waals surface area contributed by atoms with Gasteiger partial charge in [0.05, 0.1) is 0 Å². The second-order valence-electron chi connectivity index (χ2n) is 10.0. The van der Waals surface area contributed by atoms with Crippen molar-refractivity contribution in [3.8, 4) is 0 Å². The summed E-state index contributed by atoms with van der Waals surface area (Å²) in [6, 6.07) is 39.5. The van der Waals surface area contributed by atoms with Crippen LogP contribution in [0, 0.1) is 27.4 Å². The van der Waals surface area contributed by atoms with Gasteiger partial charge < -0.3 is 0 Å². The minimum absolute atomic E-state index is 0.829. The largest absolute Gasteiger partial charge is 0.0955 e. The smallest absolute Gasteiger partial charge is 0.0106 e. The Hall–Kier alpha value is -4.42. The van der Waals surface area contributed by atoms with Gasteiger partial charge in [0.2, 0.25) is 0 Å². The molecule has 0 spiro atoms. The molecule has 5 rings (SSSR count). The predicted molar refractivity (Wildman–Crippen MR) is 208 cm³/mol. The zero-order valence-electron chi connectivity index (χ0n) is 30.0. The van der Waals surface area contributed by atoms with Crippen LogP contribution < -0.4 is 0 Å². The minimum Gasteiger partial charge on any atom is -0.0955 e. The number of benzene rings is 5. The Kier molecular flexibility index (Phi) is 20.8. The van der Waals surface area contributed by atoms with Crippen LogP contribution in [0.4, 0.5) is 0 Å². The summed E-state index contributed by atoms with van der Waals surface area (Å²) >= 11 is 0. The molecule has 237 valence electrons. The van der Waals surface area contributed by atoms with E-state index in [0.717, 1.165) is 27.8 Å². The molecule has 1 radical (unpaired) electrons. The van der Waals surface area contributed by atoms with E-state index in [-0.39, 0.29) is 0 Å². The quantitative estimate of drug-likeness (QED) is 0.193. The lowest BCUT2D eigenvalue weighted by Crippen LogP contribution is -1.85. The molecule has 0 heteroatoms. The predicted octanol–water partition coefficient (Wildman–Crippen LogP) is 14.1. The van der Waals surface area contributed by atoms with Crippen LogP contribution in [0.25, 0.3) is 27.5 Å².